The van der Waals surface area contributed by atoms with Gasteiger partial charge in [-0.05, 0) is 0 Å². The molecular weight excluding hydrogens is 187 g/mol. The number of rotatable bonds is 1. The van der Waals surface area contributed by atoms with E-state index in [1.807, 2.05) is 0 Å². The molecule has 0 saturated carbocycles. The van der Waals surface area contributed by atoms with Crippen molar-refractivity contribution in [1.82, 2.24) is 0 Å². The molecule has 0 unspecified atom stereocenters. The van der Waals surface area contributed by atoms with Gasteiger partial charge in [0, 0.05) is 0 Å². The molecule has 0 amide bonds. The summed E-state index contributed by atoms with van der Waals surface area (Å²) in [5, 5.41) is 1.20. The Morgan fingerprint density at radius 1 is 1.20 bits per heavy atom. The summed E-state index contributed by atoms with van der Waals surface area (Å²) in [4.78, 5) is 0. The third-order valence-corrected chi connectivity index (χ3v) is 3.47. The van der Waals surface area contributed by atoms with E-state index in [-0.39, 0.29) is 0 Å². The maximum atomic E-state index is 11.8. The van der Waals surface area contributed by atoms with Gasteiger partial charge in [0.2, 0.25) is 0 Å². The van der Waals surface area contributed by atoms with E-state index in [4.69, 9.17) is 0 Å². The van der Waals surface area contributed by atoms with E-state index >= 15 is 0 Å². The summed E-state index contributed by atoms with van der Waals surface area (Å²) >= 11 is 0.387. The molecule has 1 heterocycles. The maximum absolute atomic E-state index is 11.8. The van der Waals surface area contributed by atoms with Crippen LogP contribution in [0.25, 0.3) is 0 Å². The van der Waals surface area contributed by atoms with Gasteiger partial charge in [-0.15, -0.1) is 0 Å². The molecule has 10 heavy (non-hydrogen) atoms. The summed E-state index contributed by atoms with van der Waals surface area (Å²) in [7, 11) is -7.42. The summed E-state index contributed by atoms with van der Waals surface area (Å²) in [6.45, 7) is 0. The van der Waals surface area contributed by atoms with Gasteiger partial charge < -0.3 is 0 Å². The van der Waals surface area contributed by atoms with Gasteiger partial charge in [0.15, 0.2) is 0 Å². The molecule has 0 aromatic carbocycles. The average molecular weight is 190 g/mol. The standard InChI is InChI=1S/C4H3F4PS/c5-9(6,7,8)4-2-1-3-10-4/h1-3H. The monoisotopic (exact) mass is 190 g/mol. The Labute approximate surface area is 58.9 Å². The van der Waals surface area contributed by atoms with Gasteiger partial charge in [-0.3, -0.25) is 0 Å². The average Bonchev–Trinajstić information content (AvgIpc) is 2.04. The second kappa shape index (κ2) is 1.92. The summed E-state index contributed by atoms with van der Waals surface area (Å²) in [5.41, 5.74) is 0. The van der Waals surface area contributed by atoms with Crippen LogP contribution >= 0.6 is 19.2 Å². The Morgan fingerprint density at radius 3 is 2.00 bits per heavy atom. The molecule has 0 saturated heterocycles. The van der Waals surface area contributed by atoms with Crippen molar-refractivity contribution in [2.24, 2.45) is 0 Å². The van der Waals surface area contributed by atoms with Crippen molar-refractivity contribution in [1.29, 1.82) is 0 Å². The zero-order valence-electron chi connectivity index (χ0n) is 4.60. The summed E-state index contributed by atoms with van der Waals surface area (Å²) in [5.74, 6) is 0. The Bertz CT molecular complexity index is 214. The van der Waals surface area contributed by atoms with Crippen molar-refractivity contribution >= 4 is 23.8 Å². The van der Waals surface area contributed by atoms with Crippen LogP contribution in [0, 0.1) is 0 Å². The molecule has 58 valence electrons. The van der Waals surface area contributed by atoms with E-state index in [0.29, 0.717) is 11.3 Å². The molecule has 0 aliphatic carbocycles. The zero-order valence-corrected chi connectivity index (χ0v) is 6.31. The molecule has 0 N–H and O–H groups in total. The van der Waals surface area contributed by atoms with E-state index in [1.54, 1.807) is 0 Å². The van der Waals surface area contributed by atoms with Crippen LogP contribution in [0.5, 0.6) is 0 Å². The first-order valence-corrected chi connectivity index (χ1v) is 4.97. The van der Waals surface area contributed by atoms with Crippen LogP contribution in [0.3, 0.4) is 0 Å². The van der Waals surface area contributed by atoms with Crippen LogP contribution in [0.1, 0.15) is 0 Å². The molecule has 0 atom stereocenters. The van der Waals surface area contributed by atoms with Crippen molar-refractivity contribution in [3.8, 4) is 0 Å². The van der Waals surface area contributed by atoms with Crippen molar-refractivity contribution < 1.29 is 16.8 Å². The summed E-state index contributed by atoms with van der Waals surface area (Å²) in [6, 6.07) is 1.93. The molecule has 1 aromatic rings. The predicted molar refractivity (Wildman–Crippen MR) is 35.3 cm³/mol. The fraction of sp³-hybridized carbons (Fsp3) is 0. The minimum atomic E-state index is -7.42. The van der Waals surface area contributed by atoms with E-state index in [1.165, 1.54) is 11.4 Å². The topological polar surface area (TPSA) is 0 Å². The molecule has 1 rings (SSSR count). The molecule has 1 aromatic heterocycles. The number of hydrogen-bond donors (Lipinski definition) is 0. The summed E-state index contributed by atoms with van der Waals surface area (Å²) < 4.78 is 46.0. The molecule has 0 fully saturated rings. The van der Waals surface area contributed by atoms with Crippen molar-refractivity contribution in [2.45, 2.75) is 0 Å². The fourth-order valence-corrected chi connectivity index (χ4v) is 2.05. The zero-order chi connectivity index (χ0) is 7.85. The van der Waals surface area contributed by atoms with Crippen molar-refractivity contribution in [2.75, 3.05) is 0 Å². The Morgan fingerprint density at radius 2 is 1.80 bits per heavy atom. The first-order valence-electron chi connectivity index (χ1n) is 2.29. The molecule has 0 nitrogen and oxygen atoms in total. The molecule has 0 spiro atoms. The first kappa shape index (κ1) is 7.95. The van der Waals surface area contributed by atoms with Gasteiger partial charge in [0.05, 0.1) is 0 Å². The van der Waals surface area contributed by atoms with Crippen molar-refractivity contribution in [3.05, 3.63) is 17.5 Å². The van der Waals surface area contributed by atoms with Crippen LogP contribution in [0.4, 0.5) is 16.8 Å². The SMILES string of the molecule is FP(F)(F)(F)c1cccs1. The Hall–Kier alpha value is -0.150. The second-order valence-electron chi connectivity index (χ2n) is 1.67. The predicted octanol–water partition coefficient (Wildman–Crippen LogP) is 3.46. The van der Waals surface area contributed by atoms with E-state index in [2.05, 4.69) is 0 Å². The van der Waals surface area contributed by atoms with Crippen LogP contribution in [0.2, 0.25) is 0 Å². The summed E-state index contributed by atoms with van der Waals surface area (Å²) in [6.07, 6.45) is 0. The van der Waals surface area contributed by atoms with E-state index in [9.17, 15) is 16.8 Å². The number of hydrogen-bond acceptors (Lipinski definition) is 1. The second-order valence-corrected chi connectivity index (χ2v) is 4.85. The van der Waals surface area contributed by atoms with Gasteiger partial charge in [0.25, 0.3) is 0 Å². The normalized spacial score (nSPS) is 16.2. The fourth-order valence-electron chi connectivity index (χ4n) is 0.462. The van der Waals surface area contributed by atoms with Crippen LogP contribution in [0.15, 0.2) is 17.5 Å². The molecule has 6 heteroatoms. The van der Waals surface area contributed by atoms with E-state index in [0.717, 1.165) is 6.07 Å². The molecular formula is C4H3F4PS. The van der Waals surface area contributed by atoms with Gasteiger partial charge in [-0.2, -0.15) is 0 Å². The van der Waals surface area contributed by atoms with Gasteiger partial charge >= 0.3 is 58.1 Å². The molecule has 0 aliphatic heterocycles. The van der Waals surface area contributed by atoms with Crippen LogP contribution < -0.4 is 4.62 Å². The van der Waals surface area contributed by atoms with Crippen molar-refractivity contribution in [3.63, 3.8) is 0 Å². The van der Waals surface area contributed by atoms with Crippen LogP contribution in [-0.2, 0) is 0 Å². The minimum absolute atomic E-state index is 0.387. The van der Waals surface area contributed by atoms with Gasteiger partial charge in [-0.25, -0.2) is 0 Å². The van der Waals surface area contributed by atoms with Crippen LogP contribution in [-0.4, -0.2) is 0 Å². The number of halogens is 4. The molecule has 0 bridgehead atoms. The third-order valence-electron chi connectivity index (χ3n) is 0.839. The van der Waals surface area contributed by atoms with Gasteiger partial charge in [0.1, 0.15) is 0 Å². The number of thiophene rings is 1. The van der Waals surface area contributed by atoms with Gasteiger partial charge in [-0.1, -0.05) is 0 Å². The quantitative estimate of drug-likeness (QED) is 0.469. The molecule has 0 aliphatic rings. The Balaban J connectivity index is 3.09. The Kier molecular flexibility index (Phi) is 1.53. The van der Waals surface area contributed by atoms with E-state index < -0.39 is 12.5 Å². The molecule has 0 radical (unpaired) electrons. The first-order chi connectivity index (χ1) is 4.36. The third kappa shape index (κ3) is 1.67.